The van der Waals surface area contributed by atoms with E-state index in [1.54, 1.807) is 0 Å². The van der Waals surface area contributed by atoms with Crippen LogP contribution in [0.5, 0.6) is 11.5 Å². The lowest BCUT2D eigenvalue weighted by molar-refractivity contribution is -0.139. The van der Waals surface area contributed by atoms with Crippen LogP contribution in [0.4, 0.5) is 13.2 Å². The minimum Gasteiger partial charge on any atom is -0.504 e. The van der Waals surface area contributed by atoms with Gasteiger partial charge in [0.2, 0.25) is 0 Å². The zero-order valence-electron chi connectivity index (χ0n) is 8.34. The molecule has 0 saturated carbocycles. The number of benzene rings is 1. The molecule has 1 aromatic rings. The fourth-order valence-corrected chi connectivity index (χ4v) is 1.27. The van der Waals surface area contributed by atoms with Gasteiger partial charge in [-0.3, -0.25) is 4.84 Å². The van der Waals surface area contributed by atoms with Crippen molar-refractivity contribution in [2.24, 2.45) is 5.90 Å². The van der Waals surface area contributed by atoms with Crippen LogP contribution in [-0.4, -0.2) is 12.2 Å². The first-order valence-electron chi connectivity index (χ1n) is 4.19. The summed E-state index contributed by atoms with van der Waals surface area (Å²) in [5.74, 6) is 4.02. The average Bonchev–Trinajstić information content (AvgIpc) is 2.19. The van der Waals surface area contributed by atoms with Crippen LogP contribution in [-0.2, 0) is 17.6 Å². The summed E-state index contributed by atoms with van der Waals surface area (Å²) in [6.07, 6.45) is -4.59. The Morgan fingerprint density at radius 3 is 2.44 bits per heavy atom. The molecule has 90 valence electrons. The van der Waals surface area contributed by atoms with E-state index in [9.17, 15) is 18.3 Å². The quantitative estimate of drug-likeness (QED) is 0.787. The molecule has 0 aliphatic heterocycles. The molecule has 0 atom stereocenters. The van der Waals surface area contributed by atoms with Gasteiger partial charge in [0.05, 0.1) is 19.3 Å². The van der Waals surface area contributed by atoms with Gasteiger partial charge < -0.3 is 9.84 Å². The molecule has 1 rings (SSSR count). The number of ether oxygens (including phenoxy) is 1. The number of phenols is 1. The Bertz CT molecular complexity index is 379. The molecule has 0 bridgehead atoms. The Labute approximate surface area is 89.3 Å². The Kier molecular flexibility index (Phi) is 3.61. The summed E-state index contributed by atoms with van der Waals surface area (Å²) >= 11 is 0. The maximum atomic E-state index is 12.5. The maximum absolute atomic E-state index is 12.5. The van der Waals surface area contributed by atoms with Gasteiger partial charge in [0, 0.05) is 5.56 Å². The smallest absolute Gasteiger partial charge is 0.416 e. The van der Waals surface area contributed by atoms with Crippen molar-refractivity contribution in [2.75, 3.05) is 7.11 Å². The van der Waals surface area contributed by atoms with Crippen LogP contribution in [0.3, 0.4) is 0 Å². The SMILES string of the molecule is COc1ccc(C(F)(F)F)c(CON)c1O. The summed E-state index contributed by atoms with van der Waals surface area (Å²) in [5, 5.41) is 9.50. The Morgan fingerprint density at radius 1 is 1.38 bits per heavy atom. The molecule has 7 heteroatoms. The van der Waals surface area contributed by atoms with E-state index in [4.69, 9.17) is 5.90 Å². The number of rotatable bonds is 3. The number of methoxy groups -OCH3 is 1. The van der Waals surface area contributed by atoms with Gasteiger partial charge in [-0.25, -0.2) is 5.90 Å². The van der Waals surface area contributed by atoms with E-state index in [-0.39, 0.29) is 5.75 Å². The van der Waals surface area contributed by atoms with Gasteiger partial charge in [0.25, 0.3) is 0 Å². The molecule has 0 radical (unpaired) electrons. The molecule has 0 heterocycles. The summed E-state index contributed by atoms with van der Waals surface area (Å²) in [6, 6.07) is 1.82. The third-order valence-electron chi connectivity index (χ3n) is 2.00. The van der Waals surface area contributed by atoms with Crippen molar-refractivity contribution in [3.8, 4) is 11.5 Å². The first-order valence-corrected chi connectivity index (χ1v) is 4.19. The van der Waals surface area contributed by atoms with Gasteiger partial charge in [0.1, 0.15) is 0 Å². The van der Waals surface area contributed by atoms with Crippen molar-refractivity contribution < 1.29 is 27.9 Å². The summed E-state index contributed by atoms with van der Waals surface area (Å²) in [7, 11) is 1.23. The van der Waals surface area contributed by atoms with Crippen molar-refractivity contribution in [2.45, 2.75) is 12.8 Å². The normalized spacial score (nSPS) is 11.6. The Balaban J connectivity index is 3.34. The minimum atomic E-state index is -4.59. The van der Waals surface area contributed by atoms with Crippen molar-refractivity contribution in [3.05, 3.63) is 23.3 Å². The molecule has 4 nitrogen and oxygen atoms in total. The minimum absolute atomic E-state index is 0.0694. The van der Waals surface area contributed by atoms with Gasteiger partial charge >= 0.3 is 6.18 Å². The van der Waals surface area contributed by atoms with Crippen LogP contribution in [0, 0.1) is 0 Å². The highest BCUT2D eigenvalue weighted by Crippen LogP contribution is 2.40. The molecule has 0 aliphatic rings. The molecule has 0 fully saturated rings. The van der Waals surface area contributed by atoms with Crippen LogP contribution in [0.15, 0.2) is 12.1 Å². The second kappa shape index (κ2) is 4.58. The summed E-state index contributed by atoms with van der Waals surface area (Å²) in [6.45, 7) is -0.558. The van der Waals surface area contributed by atoms with E-state index in [0.717, 1.165) is 12.1 Å². The molecule has 0 aliphatic carbocycles. The fourth-order valence-electron chi connectivity index (χ4n) is 1.27. The molecule has 0 spiro atoms. The number of phenolic OH excluding ortho intramolecular Hbond substituents is 1. The molecule has 3 N–H and O–H groups in total. The molecule has 0 amide bonds. The first-order chi connectivity index (χ1) is 7.41. The second-order valence-electron chi connectivity index (χ2n) is 2.95. The number of aromatic hydroxyl groups is 1. The van der Waals surface area contributed by atoms with Gasteiger partial charge in [-0.05, 0) is 12.1 Å². The predicted molar refractivity (Wildman–Crippen MR) is 48.6 cm³/mol. The molecule has 0 unspecified atom stereocenters. The lowest BCUT2D eigenvalue weighted by Crippen LogP contribution is -2.12. The van der Waals surface area contributed by atoms with E-state index in [1.807, 2.05) is 0 Å². The van der Waals surface area contributed by atoms with Gasteiger partial charge in [0.15, 0.2) is 11.5 Å². The van der Waals surface area contributed by atoms with E-state index in [2.05, 4.69) is 9.57 Å². The number of halogens is 3. The van der Waals surface area contributed by atoms with Crippen molar-refractivity contribution in [3.63, 3.8) is 0 Å². The zero-order valence-corrected chi connectivity index (χ0v) is 8.34. The van der Waals surface area contributed by atoms with Crippen LogP contribution >= 0.6 is 0 Å². The number of hydrogen-bond acceptors (Lipinski definition) is 4. The number of nitrogens with two attached hydrogens (primary N) is 1. The highest BCUT2D eigenvalue weighted by molar-refractivity contribution is 5.50. The van der Waals surface area contributed by atoms with Crippen molar-refractivity contribution in [1.82, 2.24) is 0 Å². The van der Waals surface area contributed by atoms with E-state index in [1.165, 1.54) is 7.11 Å². The maximum Gasteiger partial charge on any atom is 0.416 e. The van der Waals surface area contributed by atoms with E-state index in [0.29, 0.717) is 0 Å². The average molecular weight is 237 g/mol. The topological polar surface area (TPSA) is 64.7 Å². The van der Waals surface area contributed by atoms with Crippen LogP contribution in [0.1, 0.15) is 11.1 Å². The van der Waals surface area contributed by atoms with Gasteiger partial charge in [-0.1, -0.05) is 0 Å². The predicted octanol–water partition coefficient (Wildman–Crippen LogP) is 1.81. The molecule has 0 saturated heterocycles. The third kappa shape index (κ3) is 2.37. The molecule has 1 aromatic carbocycles. The van der Waals surface area contributed by atoms with Gasteiger partial charge in [-0.2, -0.15) is 13.2 Å². The standard InChI is InChI=1S/C9H10F3NO3/c1-15-7-3-2-6(9(10,11)12)5(4-16-13)8(7)14/h2-3,14H,4,13H2,1H3. The van der Waals surface area contributed by atoms with Crippen molar-refractivity contribution in [1.29, 1.82) is 0 Å². The molecule has 16 heavy (non-hydrogen) atoms. The second-order valence-corrected chi connectivity index (χ2v) is 2.95. The van der Waals surface area contributed by atoms with Crippen LogP contribution in [0.25, 0.3) is 0 Å². The number of alkyl halides is 3. The molecule has 0 aromatic heterocycles. The van der Waals surface area contributed by atoms with Crippen LogP contribution in [0.2, 0.25) is 0 Å². The molecular formula is C9H10F3NO3. The first kappa shape index (κ1) is 12.6. The highest BCUT2D eigenvalue weighted by atomic mass is 19.4. The largest absolute Gasteiger partial charge is 0.504 e. The van der Waals surface area contributed by atoms with E-state index >= 15 is 0 Å². The lowest BCUT2D eigenvalue weighted by atomic mass is 10.1. The summed E-state index contributed by atoms with van der Waals surface area (Å²) in [5.41, 5.74) is -1.45. The van der Waals surface area contributed by atoms with E-state index < -0.39 is 29.7 Å². The Morgan fingerprint density at radius 2 is 2.00 bits per heavy atom. The molecular weight excluding hydrogens is 227 g/mol. The summed E-state index contributed by atoms with van der Waals surface area (Å²) < 4.78 is 42.3. The third-order valence-corrected chi connectivity index (χ3v) is 2.00. The lowest BCUT2D eigenvalue weighted by Gasteiger charge is -2.15. The van der Waals surface area contributed by atoms with Crippen LogP contribution < -0.4 is 10.6 Å². The summed E-state index contributed by atoms with van der Waals surface area (Å²) in [4.78, 5) is 4.13. The number of hydrogen-bond donors (Lipinski definition) is 2. The fraction of sp³-hybridized carbons (Fsp3) is 0.333. The highest BCUT2D eigenvalue weighted by Gasteiger charge is 2.35. The Hall–Kier alpha value is -1.47. The van der Waals surface area contributed by atoms with Gasteiger partial charge in [-0.15, -0.1) is 0 Å². The monoisotopic (exact) mass is 237 g/mol. The van der Waals surface area contributed by atoms with Crippen molar-refractivity contribution >= 4 is 0 Å². The zero-order chi connectivity index (χ0) is 12.3.